The molecule has 0 radical (unpaired) electrons. The van der Waals surface area contributed by atoms with Crippen LogP contribution in [0.2, 0.25) is 0 Å². The predicted octanol–water partition coefficient (Wildman–Crippen LogP) is 1.55. The zero-order chi connectivity index (χ0) is 19.9. The molecule has 2 fully saturated rings. The van der Waals surface area contributed by atoms with Gasteiger partial charge in [0.15, 0.2) is 0 Å². The number of hydrogen-bond acceptors (Lipinski definition) is 6. The Balaban J connectivity index is 1.49. The molecule has 0 bridgehead atoms. The van der Waals surface area contributed by atoms with Gasteiger partial charge in [0, 0.05) is 30.8 Å². The van der Waals surface area contributed by atoms with Crippen LogP contribution in [0.15, 0.2) is 34.2 Å². The highest BCUT2D eigenvalue weighted by Gasteiger charge is 2.52. The Labute approximate surface area is 168 Å². The number of carbonyl (C=O) groups is 2. The Morgan fingerprint density at radius 3 is 2.93 bits per heavy atom. The second-order valence-electron chi connectivity index (χ2n) is 7.32. The van der Waals surface area contributed by atoms with Crippen LogP contribution in [0.1, 0.15) is 32.6 Å². The molecule has 2 atom stereocenters. The van der Waals surface area contributed by atoms with E-state index in [-0.39, 0.29) is 21.6 Å². The maximum Gasteiger partial charge on any atom is 0.262 e. The van der Waals surface area contributed by atoms with Crippen molar-refractivity contribution in [3.05, 3.63) is 24.3 Å². The van der Waals surface area contributed by atoms with Gasteiger partial charge in [0.1, 0.15) is 11.9 Å². The van der Waals surface area contributed by atoms with Gasteiger partial charge in [0.05, 0.1) is 9.77 Å². The van der Waals surface area contributed by atoms with Gasteiger partial charge in [-0.3, -0.25) is 19.3 Å². The highest BCUT2D eigenvalue weighted by atomic mass is 32.2. The fourth-order valence-electron chi connectivity index (χ4n) is 3.82. The van der Waals surface area contributed by atoms with Crippen LogP contribution < -0.4 is 10.0 Å². The number of rotatable bonds is 4. The first-order chi connectivity index (χ1) is 13.3. The molecule has 0 spiro atoms. The van der Waals surface area contributed by atoms with E-state index in [0.29, 0.717) is 36.7 Å². The fraction of sp³-hybridized carbons (Fsp3) is 0.500. The summed E-state index contributed by atoms with van der Waals surface area (Å²) in [5.41, 5.74) is 0.381. The number of sulfonamides is 1. The largest absolute Gasteiger partial charge is 0.324 e. The molecule has 10 heteroatoms. The minimum atomic E-state index is -3.75. The molecule has 1 aromatic rings. The van der Waals surface area contributed by atoms with E-state index in [9.17, 15) is 18.0 Å². The summed E-state index contributed by atoms with van der Waals surface area (Å²) in [7, 11) is -3.75. The number of anilines is 1. The van der Waals surface area contributed by atoms with Crippen LogP contribution in [0.4, 0.5) is 5.69 Å². The highest BCUT2D eigenvalue weighted by Crippen LogP contribution is 2.47. The van der Waals surface area contributed by atoms with Crippen LogP contribution >= 0.6 is 11.8 Å². The molecule has 3 heterocycles. The monoisotopic (exact) mass is 422 g/mol. The molecule has 3 aliphatic rings. The molecule has 0 aliphatic carbocycles. The van der Waals surface area contributed by atoms with Crippen molar-refractivity contribution in [2.24, 2.45) is 4.99 Å². The van der Waals surface area contributed by atoms with Gasteiger partial charge in [-0.25, -0.2) is 8.42 Å². The Kier molecular flexibility index (Phi) is 4.86. The molecule has 4 rings (SSSR count). The molecule has 150 valence electrons. The van der Waals surface area contributed by atoms with E-state index in [1.165, 1.54) is 12.1 Å². The number of carbonyl (C=O) groups excluding carboxylic acids is 2. The second kappa shape index (κ2) is 7.07. The Morgan fingerprint density at radius 1 is 1.36 bits per heavy atom. The quantitative estimate of drug-likeness (QED) is 0.765. The molecule has 2 saturated heterocycles. The normalized spacial score (nSPS) is 26.9. The number of amidine groups is 1. The van der Waals surface area contributed by atoms with E-state index >= 15 is 0 Å². The lowest BCUT2D eigenvalue weighted by Crippen LogP contribution is -2.48. The van der Waals surface area contributed by atoms with Crippen LogP contribution in [-0.4, -0.2) is 54.2 Å². The van der Waals surface area contributed by atoms with Gasteiger partial charge in [-0.2, -0.15) is 0 Å². The first-order valence-corrected chi connectivity index (χ1v) is 11.7. The summed E-state index contributed by atoms with van der Waals surface area (Å²) < 4.78 is 27.6. The smallest absolute Gasteiger partial charge is 0.262 e. The number of amides is 2. The van der Waals surface area contributed by atoms with Crippen molar-refractivity contribution < 1.29 is 18.0 Å². The topological polar surface area (TPSA) is 108 Å². The molecule has 28 heavy (non-hydrogen) atoms. The summed E-state index contributed by atoms with van der Waals surface area (Å²) in [6.07, 6.45) is 2.64. The fourth-order valence-corrected chi connectivity index (χ4v) is 6.38. The van der Waals surface area contributed by atoms with Crippen LogP contribution in [0.5, 0.6) is 0 Å². The molecule has 1 aromatic carbocycles. The molecular formula is C18H22N4O4S2. The summed E-state index contributed by atoms with van der Waals surface area (Å²) >= 11 is 1.62. The highest BCUT2D eigenvalue weighted by molar-refractivity contribution is 8.01. The molecule has 0 saturated carbocycles. The van der Waals surface area contributed by atoms with Crippen LogP contribution in [0.25, 0.3) is 0 Å². The number of fused-ring (bicyclic) bond motifs is 1. The minimum Gasteiger partial charge on any atom is -0.324 e. The molecule has 2 N–H and O–H groups in total. The zero-order valence-corrected chi connectivity index (χ0v) is 17.1. The number of nitrogens with one attached hydrogen (secondary N) is 2. The van der Waals surface area contributed by atoms with Crippen molar-refractivity contribution in [3.8, 4) is 0 Å². The standard InChI is InChI=1S/C18H22N4O4S2/c1-18-8-7-16(23)22(18)14(11-27-18)17(24)20-12-4-2-5-13(10-12)28(25,26)21-15-6-3-9-19-15/h2,4-5,10,14H,3,6-9,11H2,1H3,(H,19,21)(H,20,24). The van der Waals surface area contributed by atoms with E-state index in [1.807, 2.05) is 6.92 Å². The summed E-state index contributed by atoms with van der Waals surface area (Å²) in [5, 5.41) is 2.77. The van der Waals surface area contributed by atoms with Gasteiger partial charge in [-0.1, -0.05) is 6.07 Å². The second-order valence-corrected chi connectivity index (χ2v) is 10.5. The van der Waals surface area contributed by atoms with Crippen molar-refractivity contribution in [2.45, 2.75) is 48.4 Å². The van der Waals surface area contributed by atoms with E-state index in [0.717, 1.165) is 12.8 Å². The van der Waals surface area contributed by atoms with Gasteiger partial charge >= 0.3 is 0 Å². The molecule has 3 aliphatic heterocycles. The average Bonchev–Trinajstić information content (AvgIpc) is 3.33. The number of aliphatic imine (C=N–C) groups is 1. The third-order valence-electron chi connectivity index (χ3n) is 5.29. The Morgan fingerprint density at radius 2 is 2.18 bits per heavy atom. The van der Waals surface area contributed by atoms with Gasteiger partial charge < -0.3 is 10.2 Å². The van der Waals surface area contributed by atoms with Gasteiger partial charge in [0.2, 0.25) is 11.8 Å². The first kappa shape index (κ1) is 19.3. The minimum absolute atomic E-state index is 0.00878. The number of benzene rings is 1. The molecule has 0 aromatic heterocycles. The summed E-state index contributed by atoms with van der Waals surface area (Å²) in [5.74, 6) is 0.692. The molecule has 2 unspecified atom stereocenters. The molecule has 8 nitrogen and oxygen atoms in total. The van der Waals surface area contributed by atoms with Crippen molar-refractivity contribution in [1.82, 2.24) is 9.62 Å². The Hall–Kier alpha value is -2.07. The number of thioether (sulfide) groups is 1. The third kappa shape index (κ3) is 3.50. The van der Waals surface area contributed by atoms with E-state index in [4.69, 9.17) is 0 Å². The third-order valence-corrected chi connectivity index (χ3v) is 8.17. The predicted molar refractivity (Wildman–Crippen MR) is 108 cm³/mol. The first-order valence-electron chi connectivity index (χ1n) is 9.22. The van der Waals surface area contributed by atoms with Crippen LogP contribution in [0, 0.1) is 0 Å². The lowest BCUT2D eigenvalue weighted by molar-refractivity contribution is -0.135. The number of nitrogens with zero attached hydrogens (tertiary/aromatic N) is 2. The van der Waals surface area contributed by atoms with Crippen LogP contribution in [-0.2, 0) is 19.6 Å². The lowest BCUT2D eigenvalue weighted by atomic mass is 10.2. The zero-order valence-electron chi connectivity index (χ0n) is 15.5. The molecular weight excluding hydrogens is 400 g/mol. The average molecular weight is 423 g/mol. The van der Waals surface area contributed by atoms with Gasteiger partial charge in [-0.15, -0.1) is 11.8 Å². The maximum atomic E-state index is 12.8. The Bertz CT molecular complexity index is 962. The van der Waals surface area contributed by atoms with Crippen molar-refractivity contribution in [3.63, 3.8) is 0 Å². The van der Waals surface area contributed by atoms with E-state index in [2.05, 4.69) is 15.0 Å². The van der Waals surface area contributed by atoms with Crippen molar-refractivity contribution >= 4 is 45.1 Å². The summed E-state index contributed by atoms with van der Waals surface area (Å²) in [6, 6.07) is 5.56. The van der Waals surface area contributed by atoms with Crippen molar-refractivity contribution in [1.29, 1.82) is 0 Å². The van der Waals surface area contributed by atoms with Crippen LogP contribution in [0.3, 0.4) is 0 Å². The summed E-state index contributed by atoms with van der Waals surface area (Å²) in [6.45, 7) is 2.61. The van der Waals surface area contributed by atoms with Gasteiger partial charge in [-0.05, 0) is 38.0 Å². The van der Waals surface area contributed by atoms with E-state index < -0.39 is 16.1 Å². The SMILES string of the molecule is CC12CCC(=O)N1C(C(=O)Nc1cccc(S(=O)(=O)NC3=NCCC3)c1)CS2. The van der Waals surface area contributed by atoms with Crippen molar-refractivity contribution in [2.75, 3.05) is 17.6 Å². The molecule has 2 amide bonds. The maximum absolute atomic E-state index is 12.8. The van der Waals surface area contributed by atoms with Gasteiger partial charge in [0.25, 0.3) is 10.0 Å². The van der Waals surface area contributed by atoms with E-state index in [1.54, 1.807) is 28.8 Å². The number of hydrogen-bond donors (Lipinski definition) is 2. The lowest BCUT2D eigenvalue weighted by Gasteiger charge is -2.29. The summed E-state index contributed by atoms with van der Waals surface area (Å²) in [4.78, 5) is 30.5.